The number of carbonyl (C=O) groups excluding carboxylic acids is 7. The molecule has 1 saturated heterocycles. The van der Waals surface area contributed by atoms with Crippen LogP contribution in [-0.2, 0) is 57.7 Å². The van der Waals surface area contributed by atoms with Crippen molar-refractivity contribution in [3.8, 4) is 0 Å². The van der Waals surface area contributed by atoms with Gasteiger partial charge in [0.2, 0.25) is 41.4 Å². The maximum Gasteiger partial charge on any atom is 0.305 e. The maximum atomic E-state index is 14.0. The lowest BCUT2D eigenvalue weighted by Crippen LogP contribution is -2.58. The Balaban J connectivity index is 1.95. The van der Waals surface area contributed by atoms with Gasteiger partial charge in [-0.15, -0.1) is 0 Å². The fraction of sp³-hybridized carbons (Fsp3) is 0.400. The number of benzene rings is 2. The van der Waals surface area contributed by atoms with Crippen LogP contribution in [0.25, 0.3) is 0 Å². The summed E-state index contributed by atoms with van der Waals surface area (Å²) in [4.78, 5) is 106. The summed E-state index contributed by atoms with van der Waals surface area (Å²) in [5, 5.41) is 24.7. The molecule has 54 heavy (non-hydrogen) atoms. The van der Waals surface area contributed by atoms with Crippen molar-refractivity contribution in [2.75, 3.05) is 13.1 Å². The summed E-state index contributed by atoms with van der Waals surface area (Å²) in [5.74, 6) is -6.74. The Labute approximate surface area is 310 Å². The van der Waals surface area contributed by atoms with Gasteiger partial charge in [-0.2, -0.15) is 0 Å². The third-order valence-corrected chi connectivity index (χ3v) is 8.13. The number of aliphatic imine (C=N–C) groups is 1. The van der Waals surface area contributed by atoms with E-state index < -0.39 is 78.5 Å². The SMILES string of the molecule is NC(=O)CCC(=O)NCc1ccc(CC2NC(=O)C(CCCN=C(N)N)NC(=O)CNC(=O)C(CC(=O)O)NC(=O)C(Cc3ccccc3)NC2=O)cc1. The van der Waals surface area contributed by atoms with Crippen LogP contribution >= 0.6 is 0 Å². The number of nitrogens with zero attached hydrogens (tertiary/aromatic N) is 1. The van der Waals surface area contributed by atoms with Crippen molar-refractivity contribution in [2.24, 2.45) is 22.2 Å². The molecule has 3 rings (SSSR count). The van der Waals surface area contributed by atoms with Crippen molar-refractivity contribution in [3.63, 3.8) is 0 Å². The van der Waals surface area contributed by atoms with Gasteiger partial charge in [0.1, 0.15) is 24.2 Å². The van der Waals surface area contributed by atoms with Gasteiger partial charge in [0.25, 0.3) is 0 Å². The molecule has 290 valence electrons. The molecular weight excluding hydrogens is 704 g/mol. The predicted molar refractivity (Wildman–Crippen MR) is 193 cm³/mol. The van der Waals surface area contributed by atoms with Crippen LogP contribution in [0, 0.1) is 0 Å². The molecule has 1 heterocycles. The molecule has 0 radical (unpaired) electrons. The quantitative estimate of drug-likeness (QED) is 0.0495. The Hall–Kier alpha value is -6.53. The molecule has 4 unspecified atom stereocenters. The van der Waals surface area contributed by atoms with E-state index in [9.17, 15) is 43.5 Å². The number of nitrogens with two attached hydrogens (primary N) is 3. The first-order valence-electron chi connectivity index (χ1n) is 17.1. The van der Waals surface area contributed by atoms with E-state index >= 15 is 0 Å². The van der Waals surface area contributed by atoms with Crippen LogP contribution in [-0.4, -0.2) is 95.6 Å². The van der Waals surface area contributed by atoms with Crippen LogP contribution in [0.15, 0.2) is 59.6 Å². The Morgan fingerprint density at radius 1 is 0.704 bits per heavy atom. The van der Waals surface area contributed by atoms with E-state index in [-0.39, 0.29) is 63.5 Å². The molecule has 13 N–H and O–H groups in total. The Kier molecular flexibility index (Phi) is 16.4. The van der Waals surface area contributed by atoms with Gasteiger partial charge < -0.3 is 54.2 Å². The van der Waals surface area contributed by atoms with Crippen molar-refractivity contribution in [1.29, 1.82) is 0 Å². The van der Waals surface area contributed by atoms with E-state index in [4.69, 9.17) is 17.2 Å². The minimum Gasteiger partial charge on any atom is -0.481 e. The first-order valence-corrected chi connectivity index (χ1v) is 17.1. The van der Waals surface area contributed by atoms with E-state index in [0.717, 1.165) is 0 Å². The average molecular weight is 751 g/mol. The molecule has 2 aromatic carbocycles. The van der Waals surface area contributed by atoms with E-state index in [2.05, 4.69) is 36.9 Å². The first-order chi connectivity index (χ1) is 25.7. The number of nitrogens with one attached hydrogen (secondary N) is 6. The van der Waals surface area contributed by atoms with Crippen molar-refractivity contribution in [3.05, 3.63) is 71.3 Å². The molecule has 0 bridgehead atoms. The van der Waals surface area contributed by atoms with E-state index in [1.807, 2.05) is 0 Å². The zero-order chi connectivity index (χ0) is 39.6. The standard InChI is InChI=1S/C35H46N10O9/c36-27(46)12-13-28(47)40-18-22-10-8-21(9-11-22)16-25-33(53)44-24(15-20-5-2-1-3-6-20)34(54)45-26(17-30(49)50)31(51)41-19-29(48)42-23(32(52)43-25)7-4-14-39-35(37)38/h1-3,5-6,8-11,23-26H,4,7,12-19H2,(H2,36,46)(H,40,47)(H,41,51)(H,42,48)(H,43,52)(H,44,53)(H,45,54)(H,49,50)(H4,37,38,39). The molecule has 19 heteroatoms. The Bertz CT molecular complexity index is 1700. The molecule has 0 aromatic heterocycles. The number of carbonyl (C=O) groups is 8. The number of aliphatic carboxylic acids is 1. The minimum atomic E-state index is -1.61. The van der Waals surface area contributed by atoms with Crippen molar-refractivity contribution in [2.45, 2.75) is 75.7 Å². The fourth-order valence-electron chi connectivity index (χ4n) is 5.33. The lowest BCUT2D eigenvalue weighted by Gasteiger charge is -2.26. The lowest BCUT2D eigenvalue weighted by atomic mass is 10.0. The second-order valence-corrected chi connectivity index (χ2v) is 12.5. The number of carboxylic acid groups (broad SMARTS) is 1. The number of carboxylic acids is 1. The summed E-state index contributed by atoms with van der Waals surface area (Å²) < 4.78 is 0. The van der Waals surface area contributed by atoms with Crippen molar-refractivity contribution >= 4 is 53.3 Å². The average Bonchev–Trinajstić information content (AvgIpc) is 3.12. The molecule has 7 amide bonds. The number of amides is 7. The molecule has 0 aliphatic carbocycles. The fourth-order valence-corrected chi connectivity index (χ4v) is 5.33. The monoisotopic (exact) mass is 750 g/mol. The van der Waals surface area contributed by atoms with Crippen LogP contribution < -0.4 is 49.1 Å². The molecule has 1 aliphatic heterocycles. The second kappa shape index (κ2) is 21.1. The zero-order valence-corrected chi connectivity index (χ0v) is 29.5. The number of hydrogen-bond donors (Lipinski definition) is 10. The van der Waals surface area contributed by atoms with Crippen molar-refractivity contribution in [1.82, 2.24) is 31.9 Å². The number of primary amides is 1. The van der Waals surface area contributed by atoms with Crippen molar-refractivity contribution < 1.29 is 43.5 Å². The third kappa shape index (κ3) is 15.0. The molecule has 4 atom stereocenters. The highest BCUT2D eigenvalue weighted by molar-refractivity contribution is 5.98. The zero-order valence-electron chi connectivity index (χ0n) is 29.5. The summed E-state index contributed by atoms with van der Waals surface area (Å²) in [6, 6.07) is 9.89. The normalized spacial score (nSPS) is 19.7. The van der Waals surface area contributed by atoms with Gasteiger partial charge in [0.15, 0.2) is 5.96 Å². The van der Waals surface area contributed by atoms with Gasteiger partial charge in [0.05, 0.1) is 13.0 Å². The third-order valence-electron chi connectivity index (χ3n) is 8.13. The van der Waals surface area contributed by atoms with Gasteiger partial charge in [0, 0.05) is 38.8 Å². The van der Waals surface area contributed by atoms with Gasteiger partial charge in [-0.1, -0.05) is 54.6 Å². The van der Waals surface area contributed by atoms with Crippen LogP contribution in [0.3, 0.4) is 0 Å². The van der Waals surface area contributed by atoms with Crippen LogP contribution in [0.1, 0.15) is 48.8 Å². The minimum absolute atomic E-state index is 0.0226. The summed E-state index contributed by atoms with van der Waals surface area (Å²) in [6.07, 6.45) is -0.865. The number of guanidine groups is 1. The van der Waals surface area contributed by atoms with E-state index in [0.29, 0.717) is 16.7 Å². The molecule has 2 aromatic rings. The van der Waals surface area contributed by atoms with E-state index in [1.165, 1.54) is 0 Å². The number of hydrogen-bond acceptors (Lipinski definition) is 9. The van der Waals surface area contributed by atoms with Crippen LogP contribution in [0.2, 0.25) is 0 Å². The Morgan fingerprint density at radius 3 is 1.83 bits per heavy atom. The molecular formula is C35H46N10O9. The summed E-state index contributed by atoms with van der Waals surface area (Å²) in [7, 11) is 0. The highest BCUT2D eigenvalue weighted by atomic mass is 16.4. The Morgan fingerprint density at radius 2 is 1.26 bits per heavy atom. The summed E-state index contributed by atoms with van der Waals surface area (Å²) in [5.41, 5.74) is 17.8. The molecule has 19 nitrogen and oxygen atoms in total. The largest absolute Gasteiger partial charge is 0.481 e. The maximum absolute atomic E-state index is 14.0. The lowest BCUT2D eigenvalue weighted by molar-refractivity contribution is -0.141. The van der Waals surface area contributed by atoms with Gasteiger partial charge in [-0.3, -0.25) is 43.3 Å². The van der Waals surface area contributed by atoms with Gasteiger partial charge in [-0.25, -0.2) is 0 Å². The highest BCUT2D eigenvalue weighted by Crippen LogP contribution is 2.11. The highest BCUT2D eigenvalue weighted by Gasteiger charge is 2.33. The predicted octanol–water partition coefficient (Wildman–Crippen LogP) is -3.05. The van der Waals surface area contributed by atoms with Gasteiger partial charge >= 0.3 is 5.97 Å². The summed E-state index contributed by atoms with van der Waals surface area (Å²) in [6.45, 7) is -0.392. The molecule has 0 saturated carbocycles. The molecule has 0 spiro atoms. The summed E-state index contributed by atoms with van der Waals surface area (Å²) >= 11 is 0. The van der Waals surface area contributed by atoms with E-state index in [1.54, 1.807) is 54.6 Å². The second-order valence-electron chi connectivity index (χ2n) is 12.5. The topological polar surface area (TPSA) is 319 Å². The molecule has 1 aliphatic rings. The smallest absolute Gasteiger partial charge is 0.305 e. The van der Waals surface area contributed by atoms with Crippen LogP contribution in [0.5, 0.6) is 0 Å². The van der Waals surface area contributed by atoms with Gasteiger partial charge in [-0.05, 0) is 29.5 Å². The first kappa shape index (κ1) is 41.9. The molecule has 1 fully saturated rings. The van der Waals surface area contributed by atoms with Crippen LogP contribution in [0.4, 0.5) is 0 Å². The number of rotatable bonds is 15.